The molecule has 0 aliphatic carbocycles. The molecule has 196 valence electrons. The maximum absolute atomic E-state index is 14.2. The maximum atomic E-state index is 14.2. The van der Waals surface area contributed by atoms with Crippen molar-refractivity contribution in [2.75, 3.05) is 24.8 Å². The van der Waals surface area contributed by atoms with Crippen LogP contribution in [0.15, 0.2) is 70.4 Å². The molecule has 0 amide bonds. The molecular weight excluding hydrogens is 509 g/mol. The van der Waals surface area contributed by atoms with Crippen molar-refractivity contribution < 1.29 is 22.8 Å². The predicted molar refractivity (Wildman–Crippen MR) is 141 cm³/mol. The van der Waals surface area contributed by atoms with Gasteiger partial charge in [-0.15, -0.1) is 0 Å². The van der Waals surface area contributed by atoms with Crippen LogP contribution in [0.3, 0.4) is 0 Å². The number of pyridine rings is 1. The Bertz CT molecular complexity index is 1630. The molecule has 2 aromatic heterocycles. The summed E-state index contributed by atoms with van der Waals surface area (Å²) < 4.78 is 49.8. The summed E-state index contributed by atoms with van der Waals surface area (Å²) in [6, 6.07) is 11.3. The lowest BCUT2D eigenvalue weighted by molar-refractivity contribution is 0.0310. The van der Waals surface area contributed by atoms with Gasteiger partial charge in [-0.25, -0.2) is 18.6 Å². The van der Waals surface area contributed by atoms with Gasteiger partial charge in [0.05, 0.1) is 44.2 Å². The van der Waals surface area contributed by atoms with Crippen molar-refractivity contribution in [3.05, 3.63) is 72.6 Å². The lowest BCUT2D eigenvalue weighted by atomic mass is 10.1. The molecule has 4 aromatic rings. The fraction of sp³-hybridized carbons (Fsp3) is 0.296. The van der Waals surface area contributed by atoms with Gasteiger partial charge in [0.1, 0.15) is 29.8 Å². The van der Waals surface area contributed by atoms with Gasteiger partial charge in [0.2, 0.25) is 0 Å². The monoisotopic (exact) mass is 535 g/mol. The first-order valence-electron chi connectivity index (χ1n) is 12.2. The normalized spacial score (nSPS) is 22.1. The standard InChI is InChI=1S/C27H26FN5O4S/c1-16-11-18(33-38(2,34)19-5-8-29-9-6-19)13-21-25(16)27(31-15-30-21)32-20-4-3-17(28)12-23(20)37-24-14-36-22-7-10-35-26(22)24/h3-6,8-9,11-13,15,22,24,26H,7,10,14H2,1-2H3,(H,30,31,32)/t22-,24-,26+,38?/m1/s1. The average Bonchev–Trinajstić information content (AvgIpc) is 3.51. The molecule has 0 radical (unpaired) electrons. The predicted octanol–water partition coefficient (Wildman–Crippen LogP) is 4.94. The van der Waals surface area contributed by atoms with Gasteiger partial charge in [-0.1, -0.05) is 0 Å². The number of aromatic nitrogens is 3. The number of halogens is 1. The van der Waals surface area contributed by atoms with E-state index < -0.39 is 15.5 Å². The molecule has 11 heteroatoms. The highest BCUT2D eigenvalue weighted by Crippen LogP contribution is 2.36. The second-order valence-electron chi connectivity index (χ2n) is 9.37. The van der Waals surface area contributed by atoms with E-state index in [9.17, 15) is 8.60 Å². The maximum Gasteiger partial charge on any atom is 0.151 e. The number of aryl methyl sites for hydroxylation is 1. The average molecular weight is 536 g/mol. The van der Waals surface area contributed by atoms with Crippen LogP contribution in [-0.2, 0) is 19.2 Å². The lowest BCUT2D eigenvalue weighted by Gasteiger charge is -2.21. The Morgan fingerprint density at radius 2 is 1.97 bits per heavy atom. The summed E-state index contributed by atoms with van der Waals surface area (Å²) in [6.45, 7) is 2.92. The number of anilines is 2. The molecule has 4 atom stereocenters. The highest BCUT2D eigenvalue weighted by Gasteiger charge is 2.43. The van der Waals surface area contributed by atoms with E-state index in [4.69, 9.17) is 14.2 Å². The molecule has 6 rings (SSSR count). The third kappa shape index (κ3) is 4.80. The molecule has 0 spiro atoms. The molecule has 9 nitrogen and oxygen atoms in total. The summed E-state index contributed by atoms with van der Waals surface area (Å²) in [6.07, 6.45) is 6.56. The van der Waals surface area contributed by atoms with E-state index in [0.29, 0.717) is 46.6 Å². The minimum atomic E-state index is -2.68. The Morgan fingerprint density at radius 3 is 2.82 bits per heavy atom. The molecule has 1 unspecified atom stereocenters. The van der Waals surface area contributed by atoms with Crippen molar-refractivity contribution in [3.63, 3.8) is 0 Å². The topological polar surface area (TPSA) is 108 Å². The fourth-order valence-electron chi connectivity index (χ4n) is 4.88. The van der Waals surface area contributed by atoms with E-state index >= 15 is 0 Å². The van der Waals surface area contributed by atoms with Crippen molar-refractivity contribution >= 4 is 37.8 Å². The second-order valence-corrected chi connectivity index (χ2v) is 11.6. The zero-order chi connectivity index (χ0) is 26.3. The van der Waals surface area contributed by atoms with E-state index in [1.54, 1.807) is 42.9 Å². The first kappa shape index (κ1) is 24.7. The van der Waals surface area contributed by atoms with Gasteiger partial charge < -0.3 is 19.5 Å². The van der Waals surface area contributed by atoms with Gasteiger partial charge in [-0.2, -0.15) is 4.36 Å². The Morgan fingerprint density at radius 1 is 1.13 bits per heavy atom. The van der Waals surface area contributed by atoms with Crippen molar-refractivity contribution in [1.82, 2.24) is 15.0 Å². The van der Waals surface area contributed by atoms with E-state index in [1.165, 1.54) is 18.5 Å². The Balaban J connectivity index is 1.33. The van der Waals surface area contributed by atoms with Gasteiger partial charge in [0.25, 0.3) is 0 Å². The molecular formula is C27H26FN5O4S. The summed E-state index contributed by atoms with van der Waals surface area (Å²) >= 11 is 0. The zero-order valence-electron chi connectivity index (χ0n) is 20.8. The van der Waals surface area contributed by atoms with Crippen LogP contribution in [0, 0.1) is 12.7 Å². The molecule has 2 aliphatic rings. The minimum Gasteiger partial charge on any atom is -0.483 e. The molecule has 1 N–H and O–H groups in total. The van der Waals surface area contributed by atoms with Crippen LogP contribution in [0.2, 0.25) is 0 Å². The molecule has 2 saturated heterocycles. The smallest absolute Gasteiger partial charge is 0.151 e. The van der Waals surface area contributed by atoms with Gasteiger partial charge in [0, 0.05) is 36.7 Å². The first-order valence-corrected chi connectivity index (χ1v) is 14.1. The van der Waals surface area contributed by atoms with Crippen molar-refractivity contribution in [1.29, 1.82) is 0 Å². The Labute approximate surface area is 219 Å². The highest BCUT2D eigenvalue weighted by atomic mass is 32.2. The molecule has 38 heavy (non-hydrogen) atoms. The summed E-state index contributed by atoms with van der Waals surface area (Å²) in [7, 11) is -2.68. The molecule has 0 saturated carbocycles. The van der Waals surface area contributed by atoms with Crippen LogP contribution < -0.4 is 10.1 Å². The number of rotatable bonds is 6. The SMILES string of the molecule is Cc1cc(N=S(C)(=O)c2ccncc2)cc2ncnc(Nc3ccc(F)cc3O[C@@H]3CO[C@@H]4CCO[C@@H]43)c12. The third-order valence-electron chi connectivity index (χ3n) is 6.68. The number of ether oxygens (including phenoxy) is 3. The first-order chi connectivity index (χ1) is 18.4. The summed E-state index contributed by atoms with van der Waals surface area (Å²) in [5, 5.41) is 4.05. The van der Waals surface area contributed by atoms with Crippen molar-refractivity contribution in [3.8, 4) is 5.75 Å². The number of fused-ring (bicyclic) bond motifs is 2. The quantitative estimate of drug-likeness (QED) is 0.370. The minimum absolute atomic E-state index is 0.00871. The molecule has 0 bridgehead atoms. The fourth-order valence-corrected chi connectivity index (χ4v) is 6.12. The van der Waals surface area contributed by atoms with E-state index in [1.807, 2.05) is 13.0 Å². The summed E-state index contributed by atoms with van der Waals surface area (Å²) in [4.78, 5) is 13.5. The summed E-state index contributed by atoms with van der Waals surface area (Å²) in [5.74, 6) is 0.453. The van der Waals surface area contributed by atoms with E-state index in [0.717, 1.165) is 17.4 Å². The molecule has 2 aromatic carbocycles. The van der Waals surface area contributed by atoms with Crippen LogP contribution in [0.5, 0.6) is 5.75 Å². The Hall–Kier alpha value is -3.67. The summed E-state index contributed by atoms with van der Waals surface area (Å²) in [5.41, 5.74) is 2.56. The lowest BCUT2D eigenvalue weighted by Crippen LogP contribution is -2.32. The number of nitrogens with one attached hydrogen (secondary N) is 1. The third-order valence-corrected chi connectivity index (χ3v) is 8.39. The Kier molecular flexibility index (Phi) is 6.42. The largest absolute Gasteiger partial charge is 0.483 e. The molecule has 2 fully saturated rings. The van der Waals surface area contributed by atoms with Crippen LogP contribution >= 0.6 is 0 Å². The number of benzene rings is 2. The van der Waals surface area contributed by atoms with Gasteiger partial charge in [-0.3, -0.25) is 4.98 Å². The zero-order valence-corrected chi connectivity index (χ0v) is 21.7. The molecule has 4 heterocycles. The van der Waals surface area contributed by atoms with Gasteiger partial charge in [-0.05, 0) is 55.3 Å². The number of hydrogen-bond acceptors (Lipinski definition) is 9. The van der Waals surface area contributed by atoms with Crippen molar-refractivity contribution in [2.24, 2.45) is 4.36 Å². The van der Waals surface area contributed by atoms with Crippen LogP contribution in [0.25, 0.3) is 10.9 Å². The highest BCUT2D eigenvalue weighted by molar-refractivity contribution is 7.93. The van der Waals surface area contributed by atoms with E-state index in [2.05, 4.69) is 24.6 Å². The van der Waals surface area contributed by atoms with Crippen molar-refractivity contribution in [2.45, 2.75) is 36.6 Å². The molecule has 2 aliphatic heterocycles. The van der Waals surface area contributed by atoms with Gasteiger partial charge in [0.15, 0.2) is 6.10 Å². The van der Waals surface area contributed by atoms with Crippen LogP contribution in [0.4, 0.5) is 21.6 Å². The number of nitrogens with zero attached hydrogens (tertiary/aromatic N) is 4. The number of hydrogen-bond donors (Lipinski definition) is 1. The second kappa shape index (κ2) is 9.90. The van der Waals surface area contributed by atoms with Crippen LogP contribution in [0.1, 0.15) is 12.0 Å². The van der Waals surface area contributed by atoms with Crippen LogP contribution in [-0.4, -0.2) is 56.9 Å². The van der Waals surface area contributed by atoms with E-state index in [-0.39, 0.29) is 18.3 Å². The van der Waals surface area contributed by atoms with Gasteiger partial charge >= 0.3 is 0 Å².